The van der Waals surface area contributed by atoms with Gasteiger partial charge in [-0.05, 0) is 38.8 Å². The van der Waals surface area contributed by atoms with Crippen molar-refractivity contribution in [1.82, 2.24) is 9.55 Å². The lowest BCUT2D eigenvalue weighted by molar-refractivity contribution is 0.137. The van der Waals surface area contributed by atoms with Crippen LogP contribution in [0.1, 0.15) is 36.1 Å². The standard InChI is InChI=1S/C16H20N2O2/c1-10-11(2)15-12(7-16(3,4)20-15)13(14(10)19)8-18-6-5-17-9-18/h5-6,9,19H,7-8H2,1-4H3. The van der Waals surface area contributed by atoms with Gasteiger partial charge in [-0.25, -0.2) is 4.98 Å². The van der Waals surface area contributed by atoms with Gasteiger partial charge in [-0.2, -0.15) is 0 Å². The first-order valence-corrected chi connectivity index (χ1v) is 6.87. The maximum absolute atomic E-state index is 10.5. The molecule has 1 N–H and O–H groups in total. The largest absolute Gasteiger partial charge is 0.507 e. The molecule has 0 bridgehead atoms. The Labute approximate surface area is 119 Å². The quantitative estimate of drug-likeness (QED) is 0.914. The summed E-state index contributed by atoms with van der Waals surface area (Å²) in [6.45, 7) is 8.74. The van der Waals surface area contributed by atoms with E-state index < -0.39 is 0 Å². The van der Waals surface area contributed by atoms with Crippen LogP contribution in [0.4, 0.5) is 0 Å². The minimum atomic E-state index is -0.211. The van der Waals surface area contributed by atoms with Crippen LogP contribution < -0.4 is 4.74 Å². The van der Waals surface area contributed by atoms with Crippen LogP contribution in [-0.2, 0) is 13.0 Å². The fourth-order valence-corrected chi connectivity index (χ4v) is 2.88. The van der Waals surface area contributed by atoms with E-state index in [2.05, 4.69) is 18.8 Å². The molecule has 0 saturated carbocycles. The first kappa shape index (κ1) is 13.0. The van der Waals surface area contributed by atoms with Crippen LogP contribution in [0.2, 0.25) is 0 Å². The summed E-state index contributed by atoms with van der Waals surface area (Å²) in [6.07, 6.45) is 6.24. The van der Waals surface area contributed by atoms with Gasteiger partial charge in [-0.1, -0.05) is 0 Å². The number of aromatic nitrogens is 2. The van der Waals surface area contributed by atoms with Crippen molar-refractivity contribution in [2.45, 2.75) is 46.3 Å². The first-order valence-electron chi connectivity index (χ1n) is 6.87. The van der Waals surface area contributed by atoms with E-state index in [1.165, 1.54) is 0 Å². The molecular formula is C16H20N2O2. The number of hydrogen-bond donors (Lipinski definition) is 1. The molecule has 20 heavy (non-hydrogen) atoms. The van der Waals surface area contributed by atoms with Gasteiger partial charge in [0.1, 0.15) is 17.1 Å². The van der Waals surface area contributed by atoms with Crippen molar-refractivity contribution in [2.75, 3.05) is 0 Å². The Morgan fingerprint density at radius 2 is 2.10 bits per heavy atom. The molecule has 0 radical (unpaired) electrons. The topological polar surface area (TPSA) is 47.3 Å². The molecule has 0 spiro atoms. The number of benzene rings is 1. The third-order valence-electron chi connectivity index (χ3n) is 4.06. The number of phenols is 1. The molecule has 1 aliphatic rings. The van der Waals surface area contributed by atoms with Crippen LogP contribution in [0.3, 0.4) is 0 Å². The molecule has 1 aromatic heterocycles. The Kier molecular flexibility index (Phi) is 2.78. The van der Waals surface area contributed by atoms with E-state index in [9.17, 15) is 5.11 Å². The first-order chi connectivity index (χ1) is 9.39. The third-order valence-corrected chi connectivity index (χ3v) is 4.06. The highest BCUT2D eigenvalue weighted by molar-refractivity contribution is 5.60. The van der Waals surface area contributed by atoms with Crippen LogP contribution in [-0.4, -0.2) is 20.3 Å². The SMILES string of the molecule is Cc1c(C)c2c(c(Cn3ccnc3)c1O)CC(C)(C)O2. The summed E-state index contributed by atoms with van der Waals surface area (Å²) in [5, 5.41) is 10.5. The number of hydrogen-bond acceptors (Lipinski definition) is 3. The van der Waals surface area contributed by atoms with Gasteiger partial charge in [0.05, 0.1) is 12.9 Å². The summed E-state index contributed by atoms with van der Waals surface area (Å²) < 4.78 is 8.05. The number of phenolic OH excluding ortho intramolecular Hbond substituents is 1. The summed E-state index contributed by atoms with van der Waals surface area (Å²) in [5.41, 5.74) is 3.81. The highest BCUT2D eigenvalue weighted by Crippen LogP contribution is 2.45. The average molecular weight is 272 g/mol. The smallest absolute Gasteiger partial charge is 0.127 e. The lowest BCUT2D eigenvalue weighted by atomic mass is 9.92. The molecule has 0 amide bonds. The minimum Gasteiger partial charge on any atom is -0.507 e. The predicted molar refractivity (Wildman–Crippen MR) is 77.3 cm³/mol. The van der Waals surface area contributed by atoms with Crippen molar-refractivity contribution in [3.63, 3.8) is 0 Å². The molecule has 0 fully saturated rings. The van der Waals surface area contributed by atoms with E-state index in [1.54, 1.807) is 12.5 Å². The Morgan fingerprint density at radius 1 is 1.35 bits per heavy atom. The van der Waals surface area contributed by atoms with E-state index in [0.717, 1.165) is 34.4 Å². The van der Waals surface area contributed by atoms with Crippen LogP contribution in [0.5, 0.6) is 11.5 Å². The van der Waals surface area contributed by atoms with Crippen molar-refractivity contribution in [2.24, 2.45) is 0 Å². The van der Waals surface area contributed by atoms with Crippen molar-refractivity contribution in [1.29, 1.82) is 0 Å². The number of ether oxygens (including phenoxy) is 1. The highest BCUT2D eigenvalue weighted by atomic mass is 16.5. The minimum absolute atomic E-state index is 0.211. The van der Waals surface area contributed by atoms with Crippen LogP contribution in [0, 0.1) is 13.8 Å². The Bertz CT molecular complexity index is 658. The second-order valence-electron chi connectivity index (χ2n) is 6.16. The van der Waals surface area contributed by atoms with E-state index in [-0.39, 0.29) is 5.60 Å². The molecule has 0 unspecified atom stereocenters. The van der Waals surface area contributed by atoms with Gasteiger partial charge in [-0.3, -0.25) is 0 Å². The average Bonchev–Trinajstić information content (AvgIpc) is 2.99. The summed E-state index contributed by atoms with van der Waals surface area (Å²) in [4.78, 5) is 4.06. The number of rotatable bonds is 2. The monoisotopic (exact) mass is 272 g/mol. The summed E-state index contributed by atoms with van der Waals surface area (Å²) in [7, 11) is 0. The van der Waals surface area contributed by atoms with Gasteiger partial charge in [0.25, 0.3) is 0 Å². The van der Waals surface area contributed by atoms with Gasteiger partial charge in [0, 0.05) is 29.9 Å². The third kappa shape index (κ3) is 1.96. The maximum Gasteiger partial charge on any atom is 0.127 e. The molecule has 1 aliphatic heterocycles. The highest BCUT2D eigenvalue weighted by Gasteiger charge is 2.35. The number of imidazole rings is 1. The van der Waals surface area contributed by atoms with Gasteiger partial charge in [0.15, 0.2) is 0 Å². The van der Waals surface area contributed by atoms with Crippen LogP contribution in [0.25, 0.3) is 0 Å². The van der Waals surface area contributed by atoms with Crippen molar-refractivity contribution >= 4 is 0 Å². The summed E-state index contributed by atoms with van der Waals surface area (Å²) in [6, 6.07) is 0. The van der Waals surface area contributed by atoms with Crippen LogP contribution >= 0.6 is 0 Å². The van der Waals surface area contributed by atoms with E-state index in [1.807, 2.05) is 24.6 Å². The van der Waals surface area contributed by atoms with Gasteiger partial charge < -0.3 is 14.4 Å². The molecule has 0 saturated heterocycles. The molecule has 2 heterocycles. The lowest BCUT2D eigenvalue weighted by Crippen LogP contribution is -2.25. The lowest BCUT2D eigenvalue weighted by Gasteiger charge is -2.18. The van der Waals surface area contributed by atoms with Crippen molar-refractivity contribution < 1.29 is 9.84 Å². The predicted octanol–water partition coefficient (Wildman–Crippen LogP) is 2.97. The molecule has 3 rings (SSSR count). The molecule has 4 nitrogen and oxygen atoms in total. The van der Waals surface area contributed by atoms with E-state index in [0.29, 0.717) is 12.3 Å². The summed E-state index contributed by atoms with van der Waals surface area (Å²) >= 11 is 0. The number of aromatic hydroxyl groups is 1. The second kappa shape index (κ2) is 4.27. The summed E-state index contributed by atoms with van der Waals surface area (Å²) in [5.74, 6) is 1.33. The van der Waals surface area contributed by atoms with Gasteiger partial charge in [0.2, 0.25) is 0 Å². The zero-order valence-electron chi connectivity index (χ0n) is 12.4. The molecule has 4 heteroatoms. The zero-order chi connectivity index (χ0) is 14.5. The van der Waals surface area contributed by atoms with Gasteiger partial charge in [-0.15, -0.1) is 0 Å². The molecule has 2 aromatic rings. The van der Waals surface area contributed by atoms with Crippen molar-refractivity contribution in [3.05, 3.63) is 41.0 Å². The second-order valence-corrected chi connectivity index (χ2v) is 6.16. The maximum atomic E-state index is 10.5. The molecular weight excluding hydrogens is 252 g/mol. The van der Waals surface area contributed by atoms with Gasteiger partial charge >= 0.3 is 0 Å². The van der Waals surface area contributed by atoms with Crippen molar-refractivity contribution in [3.8, 4) is 11.5 Å². The molecule has 106 valence electrons. The fraction of sp³-hybridized carbons (Fsp3) is 0.438. The molecule has 1 aromatic carbocycles. The van der Waals surface area contributed by atoms with E-state index >= 15 is 0 Å². The normalized spacial score (nSPS) is 16.0. The fourth-order valence-electron chi connectivity index (χ4n) is 2.88. The Hall–Kier alpha value is -1.97. The van der Waals surface area contributed by atoms with E-state index in [4.69, 9.17) is 4.74 Å². The van der Waals surface area contributed by atoms with Crippen LogP contribution in [0.15, 0.2) is 18.7 Å². The number of fused-ring (bicyclic) bond motifs is 1. The Balaban J connectivity index is 2.15. The number of nitrogens with zero attached hydrogens (tertiary/aromatic N) is 2. The molecule has 0 atom stereocenters. The molecule has 0 aliphatic carbocycles. The zero-order valence-corrected chi connectivity index (χ0v) is 12.4. The Morgan fingerprint density at radius 3 is 2.75 bits per heavy atom.